The van der Waals surface area contributed by atoms with E-state index in [-0.39, 0.29) is 24.4 Å². The molecule has 2 saturated heterocycles. The number of amides is 1. The fourth-order valence-corrected chi connectivity index (χ4v) is 2.51. The van der Waals surface area contributed by atoms with E-state index in [9.17, 15) is 9.18 Å². The molecule has 0 aliphatic carbocycles. The molecule has 0 aromatic heterocycles. The summed E-state index contributed by atoms with van der Waals surface area (Å²) in [7, 11) is 0. The number of carbonyl (C=O) groups excluding carboxylic acids is 1. The Bertz CT molecular complexity index is 229. The van der Waals surface area contributed by atoms with Crippen LogP contribution in [0.4, 0.5) is 4.39 Å². The van der Waals surface area contributed by atoms with Crippen molar-refractivity contribution in [1.29, 1.82) is 0 Å². The lowest BCUT2D eigenvalue weighted by Crippen LogP contribution is -2.44. The third-order valence-corrected chi connectivity index (χ3v) is 3.46. The minimum atomic E-state index is -0.285. The first-order chi connectivity index (χ1) is 7.31. The van der Waals surface area contributed by atoms with E-state index in [1.54, 1.807) is 0 Å². The van der Waals surface area contributed by atoms with Gasteiger partial charge >= 0.3 is 0 Å². The monoisotopic (exact) mass is 214 g/mol. The molecule has 1 amide bonds. The first-order valence-electron chi connectivity index (χ1n) is 5.86. The van der Waals surface area contributed by atoms with Gasteiger partial charge in [-0.05, 0) is 25.8 Å². The van der Waals surface area contributed by atoms with Crippen LogP contribution in [0.25, 0.3) is 0 Å². The van der Waals surface area contributed by atoms with Gasteiger partial charge in [0.1, 0.15) is 0 Å². The van der Waals surface area contributed by atoms with Crippen molar-refractivity contribution in [3.05, 3.63) is 0 Å². The molecule has 2 fully saturated rings. The maximum Gasteiger partial charge on any atom is 0.227 e. The summed E-state index contributed by atoms with van der Waals surface area (Å²) in [6, 6.07) is 0. The lowest BCUT2D eigenvalue weighted by Gasteiger charge is -2.33. The first-order valence-corrected chi connectivity index (χ1v) is 5.86. The highest BCUT2D eigenvalue weighted by molar-refractivity contribution is 5.79. The standard InChI is InChI=1S/C11H19FN2O/c12-6-9-2-1-5-14(8-9)11(15)10-3-4-13-7-10/h9-10,13H,1-8H2/t9-,10-/m1/s1. The number of likely N-dealkylation sites (tertiary alicyclic amines) is 1. The van der Waals surface area contributed by atoms with E-state index in [0.29, 0.717) is 6.54 Å². The minimum absolute atomic E-state index is 0.0806. The lowest BCUT2D eigenvalue weighted by molar-refractivity contribution is -0.136. The predicted molar refractivity (Wildman–Crippen MR) is 56.3 cm³/mol. The van der Waals surface area contributed by atoms with Gasteiger partial charge in [-0.2, -0.15) is 0 Å². The van der Waals surface area contributed by atoms with Gasteiger partial charge in [-0.15, -0.1) is 0 Å². The average molecular weight is 214 g/mol. The maximum atomic E-state index is 12.5. The number of nitrogens with zero attached hydrogens (tertiary/aromatic N) is 1. The second kappa shape index (κ2) is 4.92. The van der Waals surface area contributed by atoms with Crippen LogP contribution in [0, 0.1) is 11.8 Å². The van der Waals surface area contributed by atoms with Crippen molar-refractivity contribution < 1.29 is 9.18 Å². The lowest BCUT2D eigenvalue weighted by atomic mass is 9.97. The molecule has 2 heterocycles. The van der Waals surface area contributed by atoms with Crippen molar-refractivity contribution in [2.75, 3.05) is 32.9 Å². The summed E-state index contributed by atoms with van der Waals surface area (Å²) < 4.78 is 12.5. The van der Waals surface area contributed by atoms with Gasteiger partial charge < -0.3 is 10.2 Å². The summed E-state index contributed by atoms with van der Waals surface area (Å²) in [5.41, 5.74) is 0. The smallest absolute Gasteiger partial charge is 0.227 e. The molecule has 0 aromatic rings. The molecule has 4 heteroatoms. The third kappa shape index (κ3) is 2.48. The largest absolute Gasteiger partial charge is 0.342 e. The Morgan fingerprint density at radius 2 is 2.33 bits per heavy atom. The Labute approximate surface area is 90.0 Å². The molecule has 86 valence electrons. The van der Waals surface area contributed by atoms with E-state index in [4.69, 9.17) is 0 Å². The molecule has 2 aliphatic heterocycles. The van der Waals surface area contributed by atoms with Crippen LogP contribution >= 0.6 is 0 Å². The zero-order chi connectivity index (χ0) is 10.7. The molecule has 0 radical (unpaired) electrons. The molecule has 2 aliphatic rings. The van der Waals surface area contributed by atoms with Gasteiger partial charge in [0.15, 0.2) is 0 Å². The molecule has 0 unspecified atom stereocenters. The number of nitrogens with one attached hydrogen (secondary N) is 1. The number of alkyl halides is 1. The summed E-state index contributed by atoms with van der Waals surface area (Å²) >= 11 is 0. The summed E-state index contributed by atoms with van der Waals surface area (Å²) in [5, 5.41) is 3.20. The highest BCUT2D eigenvalue weighted by Gasteiger charge is 2.30. The molecular weight excluding hydrogens is 195 g/mol. The Balaban J connectivity index is 1.88. The number of hydrogen-bond acceptors (Lipinski definition) is 2. The Morgan fingerprint density at radius 3 is 3.00 bits per heavy atom. The SMILES string of the molecule is O=C([C@@H]1CCNC1)N1CCC[C@H](CF)C1. The summed E-state index contributed by atoms with van der Waals surface area (Å²) in [6.45, 7) is 2.91. The molecule has 0 bridgehead atoms. The van der Waals surface area contributed by atoms with Crippen LogP contribution in [0.5, 0.6) is 0 Å². The van der Waals surface area contributed by atoms with Crippen molar-refractivity contribution in [3.8, 4) is 0 Å². The highest BCUT2D eigenvalue weighted by atomic mass is 19.1. The number of rotatable bonds is 2. The van der Waals surface area contributed by atoms with Gasteiger partial charge in [0, 0.05) is 25.6 Å². The summed E-state index contributed by atoms with van der Waals surface area (Å²) in [4.78, 5) is 13.9. The van der Waals surface area contributed by atoms with Crippen LogP contribution in [-0.4, -0.2) is 43.7 Å². The van der Waals surface area contributed by atoms with E-state index in [1.807, 2.05) is 4.90 Å². The topological polar surface area (TPSA) is 32.3 Å². The van der Waals surface area contributed by atoms with Crippen molar-refractivity contribution in [2.24, 2.45) is 11.8 Å². The second-order valence-corrected chi connectivity index (χ2v) is 4.64. The van der Waals surface area contributed by atoms with Crippen molar-refractivity contribution in [3.63, 3.8) is 0 Å². The number of halogens is 1. The number of piperidine rings is 1. The average Bonchev–Trinajstić information content (AvgIpc) is 2.81. The minimum Gasteiger partial charge on any atom is -0.342 e. The molecule has 0 saturated carbocycles. The van der Waals surface area contributed by atoms with Crippen LogP contribution in [0.3, 0.4) is 0 Å². The third-order valence-electron chi connectivity index (χ3n) is 3.46. The van der Waals surface area contributed by atoms with Crippen LogP contribution < -0.4 is 5.32 Å². The van der Waals surface area contributed by atoms with E-state index in [0.717, 1.165) is 38.9 Å². The molecule has 2 atom stereocenters. The van der Waals surface area contributed by atoms with Gasteiger partial charge in [0.05, 0.1) is 12.6 Å². The molecule has 2 rings (SSSR count). The van der Waals surface area contributed by atoms with Gasteiger partial charge in [-0.3, -0.25) is 9.18 Å². The van der Waals surface area contributed by atoms with Gasteiger partial charge in [0.25, 0.3) is 0 Å². The van der Waals surface area contributed by atoms with E-state index in [1.165, 1.54) is 0 Å². The maximum absolute atomic E-state index is 12.5. The second-order valence-electron chi connectivity index (χ2n) is 4.64. The number of hydrogen-bond donors (Lipinski definition) is 1. The van der Waals surface area contributed by atoms with Crippen LogP contribution in [0.2, 0.25) is 0 Å². The van der Waals surface area contributed by atoms with Crippen molar-refractivity contribution in [2.45, 2.75) is 19.3 Å². The zero-order valence-electron chi connectivity index (χ0n) is 9.04. The predicted octanol–water partition coefficient (Wildman–Crippen LogP) is 0.804. The Morgan fingerprint density at radius 1 is 1.47 bits per heavy atom. The number of carbonyl (C=O) groups is 1. The quantitative estimate of drug-likeness (QED) is 0.737. The van der Waals surface area contributed by atoms with Crippen molar-refractivity contribution >= 4 is 5.91 Å². The zero-order valence-corrected chi connectivity index (χ0v) is 9.04. The summed E-state index contributed by atoms with van der Waals surface area (Å²) in [5.74, 6) is 0.457. The Kier molecular flexibility index (Phi) is 3.57. The van der Waals surface area contributed by atoms with Crippen LogP contribution in [0.1, 0.15) is 19.3 Å². The normalized spacial score (nSPS) is 31.9. The molecule has 3 nitrogen and oxygen atoms in total. The van der Waals surface area contributed by atoms with E-state index >= 15 is 0 Å². The van der Waals surface area contributed by atoms with Crippen LogP contribution in [0.15, 0.2) is 0 Å². The molecule has 0 aromatic carbocycles. The first kappa shape index (κ1) is 10.9. The summed E-state index contributed by atoms with van der Waals surface area (Å²) in [6.07, 6.45) is 2.83. The molecular formula is C11H19FN2O. The van der Waals surface area contributed by atoms with E-state index < -0.39 is 0 Å². The fourth-order valence-electron chi connectivity index (χ4n) is 2.51. The van der Waals surface area contributed by atoms with Crippen molar-refractivity contribution in [1.82, 2.24) is 10.2 Å². The van der Waals surface area contributed by atoms with Gasteiger partial charge in [-0.25, -0.2) is 0 Å². The molecule has 0 spiro atoms. The van der Waals surface area contributed by atoms with Crippen LogP contribution in [-0.2, 0) is 4.79 Å². The van der Waals surface area contributed by atoms with Gasteiger partial charge in [-0.1, -0.05) is 0 Å². The highest BCUT2D eigenvalue weighted by Crippen LogP contribution is 2.20. The van der Waals surface area contributed by atoms with E-state index in [2.05, 4.69) is 5.32 Å². The fraction of sp³-hybridized carbons (Fsp3) is 0.909. The van der Waals surface area contributed by atoms with Gasteiger partial charge in [0.2, 0.25) is 5.91 Å². The molecule has 15 heavy (non-hydrogen) atoms. The molecule has 1 N–H and O–H groups in total. The Hall–Kier alpha value is -0.640.